The highest BCUT2D eigenvalue weighted by Gasteiger charge is 2.30. The van der Waals surface area contributed by atoms with Crippen molar-refractivity contribution in [3.8, 4) is 6.07 Å². The van der Waals surface area contributed by atoms with Gasteiger partial charge in [0, 0.05) is 19.0 Å². The summed E-state index contributed by atoms with van der Waals surface area (Å²) in [4.78, 5) is 0. The van der Waals surface area contributed by atoms with E-state index in [0.29, 0.717) is 19.4 Å². The number of nitrogens with zero attached hydrogens (tertiary/aromatic N) is 1. The van der Waals surface area contributed by atoms with E-state index in [-0.39, 0.29) is 5.41 Å². The van der Waals surface area contributed by atoms with Crippen molar-refractivity contribution < 1.29 is 13.2 Å². The Labute approximate surface area is 94.8 Å². The van der Waals surface area contributed by atoms with Gasteiger partial charge >= 0.3 is 6.18 Å². The summed E-state index contributed by atoms with van der Waals surface area (Å²) in [6.45, 7) is 5.90. The zero-order chi connectivity index (χ0) is 12.8. The summed E-state index contributed by atoms with van der Waals surface area (Å²) in [5.41, 5.74) is -0.143. The summed E-state index contributed by atoms with van der Waals surface area (Å²) in [7, 11) is 0. The first kappa shape index (κ1) is 15.2. The fraction of sp³-hybridized carbons (Fsp3) is 0.909. The van der Waals surface area contributed by atoms with Crippen LogP contribution in [0.25, 0.3) is 0 Å². The van der Waals surface area contributed by atoms with Crippen molar-refractivity contribution in [1.29, 1.82) is 5.26 Å². The average Bonchev–Trinajstić information content (AvgIpc) is 2.09. The molecule has 0 amide bonds. The zero-order valence-electron chi connectivity index (χ0n) is 9.99. The second-order valence-electron chi connectivity index (χ2n) is 4.92. The van der Waals surface area contributed by atoms with Crippen molar-refractivity contribution in [3.05, 3.63) is 0 Å². The van der Waals surface area contributed by atoms with Gasteiger partial charge in [-0.1, -0.05) is 13.8 Å². The maximum atomic E-state index is 12.0. The minimum Gasteiger partial charge on any atom is -0.313 e. The molecule has 0 radical (unpaired) electrons. The van der Waals surface area contributed by atoms with Crippen LogP contribution in [-0.2, 0) is 0 Å². The lowest BCUT2D eigenvalue weighted by molar-refractivity contribution is -0.139. The Balaban J connectivity index is 3.91. The van der Waals surface area contributed by atoms with Gasteiger partial charge in [0.1, 0.15) is 0 Å². The third-order valence-electron chi connectivity index (χ3n) is 2.38. The van der Waals surface area contributed by atoms with Gasteiger partial charge in [0.25, 0.3) is 0 Å². The lowest BCUT2D eigenvalue weighted by Gasteiger charge is -2.26. The van der Waals surface area contributed by atoms with Gasteiger partial charge in [-0.05, 0) is 18.8 Å². The van der Waals surface area contributed by atoms with Gasteiger partial charge in [-0.2, -0.15) is 18.4 Å². The standard InChI is InChI=1S/C11H19F3N2/c1-9(7-11(12,13)14)16-8-10(2,3)5-4-6-15/h9,16H,4-5,7-8H2,1-3H3. The van der Waals surface area contributed by atoms with Crippen molar-refractivity contribution in [2.45, 2.75) is 52.3 Å². The van der Waals surface area contributed by atoms with Crippen LogP contribution in [0.3, 0.4) is 0 Å². The van der Waals surface area contributed by atoms with Crippen LogP contribution in [0.5, 0.6) is 0 Å². The molecule has 16 heavy (non-hydrogen) atoms. The van der Waals surface area contributed by atoms with Crippen molar-refractivity contribution in [1.82, 2.24) is 5.32 Å². The molecule has 0 aromatic rings. The molecule has 0 aliphatic carbocycles. The summed E-state index contributed by atoms with van der Waals surface area (Å²) in [6.07, 6.45) is -3.82. The molecule has 1 N–H and O–H groups in total. The van der Waals surface area contributed by atoms with Crippen LogP contribution in [0.1, 0.15) is 40.0 Å². The van der Waals surface area contributed by atoms with Crippen LogP contribution in [-0.4, -0.2) is 18.8 Å². The fourth-order valence-corrected chi connectivity index (χ4v) is 1.35. The maximum absolute atomic E-state index is 12.0. The number of halogens is 3. The van der Waals surface area contributed by atoms with Crippen molar-refractivity contribution in [3.63, 3.8) is 0 Å². The van der Waals surface area contributed by atoms with Crippen LogP contribution < -0.4 is 5.32 Å². The predicted molar refractivity (Wildman–Crippen MR) is 56.8 cm³/mol. The molecule has 0 aliphatic heterocycles. The molecule has 0 saturated carbocycles. The Morgan fingerprint density at radius 2 is 1.88 bits per heavy atom. The van der Waals surface area contributed by atoms with Crippen LogP contribution in [0.2, 0.25) is 0 Å². The van der Waals surface area contributed by atoms with E-state index in [2.05, 4.69) is 5.32 Å². The smallest absolute Gasteiger partial charge is 0.313 e. The Hall–Kier alpha value is -0.760. The van der Waals surface area contributed by atoms with Crippen LogP contribution >= 0.6 is 0 Å². The Morgan fingerprint density at radius 3 is 2.31 bits per heavy atom. The molecule has 0 saturated heterocycles. The van der Waals surface area contributed by atoms with E-state index in [1.807, 2.05) is 19.9 Å². The molecule has 1 unspecified atom stereocenters. The summed E-state index contributed by atoms with van der Waals surface area (Å²) < 4.78 is 36.1. The maximum Gasteiger partial charge on any atom is 0.390 e. The largest absolute Gasteiger partial charge is 0.390 e. The molecular formula is C11H19F3N2. The second-order valence-corrected chi connectivity index (χ2v) is 4.92. The Bertz CT molecular complexity index is 241. The fourth-order valence-electron chi connectivity index (χ4n) is 1.35. The topological polar surface area (TPSA) is 35.8 Å². The van der Waals surface area contributed by atoms with E-state index in [9.17, 15) is 13.2 Å². The molecule has 0 fully saturated rings. The molecule has 1 atom stereocenters. The van der Waals surface area contributed by atoms with Crippen molar-refractivity contribution in [2.24, 2.45) is 5.41 Å². The summed E-state index contributed by atoms with van der Waals surface area (Å²) >= 11 is 0. The molecule has 2 nitrogen and oxygen atoms in total. The average molecular weight is 236 g/mol. The molecule has 0 heterocycles. The van der Waals surface area contributed by atoms with Gasteiger partial charge in [0.15, 0.2) is 0 Å². The molecule has 0 bridgehead atoms. The molecule has 0 aromatic heterocycles. The first-order valence-corrected chi connectivity index (χ1v) is 5.33. The van der Waals surface area contributed by atoms with Crippen LogP contribution in [0, 0.1) is 16.7 Å². The minimum absolute atomic E-state index is 0.143. The van der Waals surface area contributed by atoms with Crippen molar-refractivity contribution in [2.75, 3.05) is 6.54 Å². The molecule has 94 valence electrons. The molecule has 0 rings (SSSR count). The Kier molecular flexibility index (Phi) is 5.80. The summed E-state index contributed by atoms with van der Waals surface area (Å²) in [6, 6.07) is 1.46. The van der Waals surface area contributed by atoms with Gasteiger partial charge < -0.3 is 5.32 Å². The van der Waals surface area contributed by atoms with Gasteiger partial charge in [-0.3, -0.25) is 0 Å². The summed E-state index contributed by atoms with van der Waals surface area (Å²) in [5.74, 6) is 0. The molecule has 5 heteroatoms. The van der Waals surface area contributed by atoms with Gasteiger partial charge in [-0.25, -0.2) is 0 Å². The van der Waals surface area contributed by atoms with E-state index in [1.165, 1.54) is 6.92 Å². The van der Waals surface area contributed by atoms with Crippen molar-refractivity contribution >= 4 is 0 Å². The first-order valence-electron chi connectivity index (χ1n) is 5.33. The lowest BCUT2D eigenvalue weighted by atomic mass is 9.87. The van der Waals surface area contributed by atoms with E-state index >= 15 is 0 Å². The number of nitrogens with one attached hydrogen (secondary N) is 1. The number of alkyl halides is 3. The van der Waals surface area contributed by atoms with E-state index < -0.39 is 18.6 Å². The number of rotatable bonds is 6. The van der Waals surface area contributed by atoms with Gasteiger partial charge in [-0.15, -0.1) is 0 Å². The Morgan fingerprint density at radius 1 is 1.31 bits per heavy atom. The highest BCUT2D eigenvalue weighted by atomic mass is 19.4. The highest BCUT2D eigenvalue weighted by molar-refractivity contribution is 4.80. The molecular weight excluding hydrogens is 217 g/mol. The predicted octanol–water partition coefficient (Wildman–Crippen LogP) is 3.25. The van der Waals surface area contributed by atoms with E-state index in [1.54, 1.807) is 0 Å². The third-order valence-corrected chi connectivity index (χ3v) is 2.38. The molecule has 0 spiro atoms. The number of hydrogen-bond donors (Lipinski definition) is 1. The van der Waals surface area contributed by atoms with Gasteiger partial charge in [0.2, 0.25) is 0 Å². The first-order chi connectivity index (χ1) is 7.16. The zero-order valence-corrected chi connectivity index (χ0v) is 9.99. The SMILES string of the molecule is CC(CC(F)(F)F)NCC(C)(C)CCC#N. The summed E-state index contributed by atoms with van der Waals surface area (Å²) in [5, 5.41) is 11.3. The second kappa shape index (κ2) is 6.09. The number of nitriles is 1. The minimum atomic E-state index is -4.12. The highest BCUT2D eigenvalue weighted by Crippen LogP contribution is 2.24. The monoisotopic (exact) mass is 236 g/mol. The number of hydrogen-bond acceptors (Lipinski definition) is 2. The van der Waals surface area contributed by atoms with E-state index in [4.69, 9.17) is 5.26 Å². The van der Waals surface area contributed by atoms with Crippen LogP contribution in [0.4, 0.5) is 13.2 Å². The van der Waals surface area contributed by atoms with Gasteiger partial charge in [0.05, 0.1) is 12.5 Å². The van der Waals surface area contributed by atoms with Crippen LogP contribution in [0.15, 0.2) is 0 Å². The third kappa shape index (κ3) is 8.54. The normalized spacial score (nSPS) is 14.6. The molecule has 0 aliphatic rings. The lowest BCUT2D eigenvalue weighted by Crippen LogP contribution is -2.37. The van der Waals surface area contributed by atoms with E-state index in [0.717, 1.165) is 0 Å². The quantitative estimate of drug-likeness (QED) is 0.768. The molecule has 0 aromatic carbocycles.